The first kappa shape index (κ1) is 16.1. The van der Waals surface area contributed by atoms with Crippen molar-refractivity contribution >= 4 is 28.6 Å². The van der Waals surface area contributed by atoms with Crippen molar-refractivity contribution in [3.05, 3.63) is 40.2 Å². The maximum atomic E-state index is 12.4. The van der Waals surface area contributed by atoms with Gasteiger partial charge in [0.2, 0.25) is 5.91 Å². The molecule has 0 saturated carbocycles. The summed E-state index contributed by atoms with van der Waals surface area (Å²) >= 11 is 1.66. The summed E-state index contributed by atoms with van der Waals surface area (Å²) in [6, 6.07) is 8.28. The van der Waals surface area contributed by atoms with E-state index in [4.69, 9.17) is 0 Å². The number of amides is 1. The van der Waals surface area contributed by atoms with E-state index < -0.39 is 0 Å². The first-order valence-electron chi connectivity index (χ1n) is 7.77. The van der Waals surface area contributed by atoms with Crippen LogP contribution in [0.5, 0.6) is 0 Å². The molecule has 2 heterocycles. The third-order valence-corrected chi connectivity index (χ3v) is 5.07. The van der Waals surface area contributed by atoms with E-state index >= 15 is 0 Å². The third-order valence-electron chi connectivity index (χ3n) is 4.35. The van der Waals surface area contributed by atoms with Crippen molar-refractivity contribution in [1.82, 2.24) is 15.2 Å². The highest BCUT2D eigenvalue weighted by molar-refractivity contribution is 7.98. The Labute approximate surface area is 139 Å². The number of thioether (sulfide) groups is 1. The van der Waals surface area contributed by atoms with Crippen molar-refractivity contribution in [2.75, 3.05) is 19.3 Å². The van der Waals surface area contributed by atoms with Crippen LogP contribution >= 0.6 is 11.8 Å². The van der Waals surface area contributed by atoms with Gasteiger partial charge in [-0.05, 0) is 36.8 Å². The van der Waals surface area contributed by atoms with Gasteiger partial charge >= 0.3 is 0 Å². The highest BCUT2D eigenvalue weighted by atomic mass is 32.2. The molecule has 0 unspecified atom stereocenters. The van der Waals surface area contributed by atoms with Crippen LogP contribution in [0.3, 0.4) is 0 Å². The van der Waals surface area contributed by atoms with E-state index in [0.717, 1.165) is 21.4 Å². The topological polar surface area (TPSA) is 65.2 Å². The minimum atomic E-state index is -0.0496. The fraction of sp³-hybridized carbons (Fsp3) is 0.412. The minimum Gasteiger partial charge on any atom is -0.355 e. The molecule has 1 atom stereocenters. The summed E-state index contributed by atoms with van der Waals surface area (Å²) in [6.45, 7) is 3.94. The Morgan fingerprint density at radius 3 is 2.91 bits per heavy atom. The summed E-state index contributed by atoms with van der Waals surface area (Å²) in [6.07, 6.45) is 2.50. The number of carbonyl (C=O) groups excluding carboxylic acids is 1. The number of pyridine rings is 1. The summed E-state index contributed by atoms with van der Waals surface area (Å²) in [5.41, 5.74) is 1.56. The number of benzene rings is 1. The Hall–Kier alpha value is -1.79. The SMILES string of the molecule is CSc1ccc2cc(CN3CCC(=O)NC[C@@H]3C)c(=O)[nH]c2c1. The maximum absolute atomic E-state index is 12.4. The van der Waals surface area contributed by atoms with E-state index in [1.807, 2.05) is 24.5 Å². The molecule has 5 nitrogen and oxygen atoms in total. The number of carbonyl (C=O) groups is 1. The highest BCUT2D eigenvalue weighted by Gasteiger charge is 2.21. The quantitative estimate of drug-likeness (QED) is 0.844. The second kappa shape index (κ2) is 6.76. The standard InChI is InChI=1S/C17H21N3O2S/c1-11-9-18-16(21)5-6-20(11)10-13-7-12-3-4-14(23-2)8-15(12)19-17(13)22/h3-4,7-8,11H,5-6,9-10H2,1-2H3,(H,18,21)(H,19,22)/t11-/m0/s1. The number of H-pyrrole nitrogens is 1. The lowest BCUT2D eigenvalue weighted by molar-refractivity contribution is -0.120. The van der Waals surface area contributed by atoms with Crippen LogP contribution in [0.25, 0.3) is 10.9 Å². The van der Waals surface area contributed by atoms with Gasteiger partial charge in [0, 0.05) is 48.1 Å². The Kier molecular flexibility index (Phi) is 4.73. The smallest absolute Gasteiger partial charge is 0.252 e. The van der Waals surface area contributed by atoms with Crippen LogP contribution < -0.4 is 10.9 Å². The van der Waals surface area contributed by atoms with E-state index in [1.165, 1.54) is 0 Å². The molecular weight excluding hydrogens is 310 g/mol. The second-order valence-corrected chi connectivity index (χ2v) is 6.83. The van der Waals surface area contributed by atoms with Crippen LogP contribution in [0.1, 0.15) is 18.9 Å². The Balaban J connectivity index is 1.89. The molecule has 1 amide bonds. The lowest BCUT2D eigenvalue weighted by Crippen LogP contribution is -2.38. The van der Waals surface area contributed by atoms with Gasteiger partial charge in [0.05, 0.1) is 0 Å². The van der Waals surface area contributed by atoms with Crippen LogP contribution in [0, 0.1) is 0 Å². The van der Waals surface area contributed by atoms with Crippen molar-refractivity contribution in [2.24, 2.45) is 0 Å². The molecule has 3 rings (SSSR count). The molecule has 2 aromatic rings. The van der Waals surface area contributed by atoms with Crippen LogP contribution in [0.15, 0.2) is 34.0 Å². The van der Waals surface area contributed by atoms with Gasteiger partial charge < -0.3 is 10.3 Å². The predicted molar refractivity (Wildman–Crippen MR) is 93.8 cm³/mol. The Morgan fingerprint density at radius 1 is 1.30 bits per heavy atom. The summed E-state index contributed by atoms with van der Waals surface area (Å²) < 4.78 is 0. The maximum Gasteiger partial charge on any atom is 0.252 e. The van der Waals surface area contributed by atoms with Gasteiger partial charge in [-0.2, -0.15) is 0 Å². The number of nitrogens with zero attached hydrogens (tertiary/aromatic N) is 1. The zero-order chi connectivity index (χ0) is 16.4. The number of aromatic amines is 1. The molecule has 1 aromatic heterocycles. The molecule has 23 heavy (non-hydrogen) atoms. The molecule has 1 fully saturated rings. The summed E-state index contributed by atoms with van der Waals surface area (Å²) in [4.78, 5) is 30.2. The fourth-order valence-corrected chi connectivity index (χ4v) is 3.31. The van der Waals surface area contributed by atoms with E-state index in [-0.39, 0.29) is 17.5 Å². The molecule has 1 aromatic carbocycles. The summed E-state index contributed by atoms with van der Waals surface area (Å²) in [5, 5.41) is 3.93. The molecule has 0 radical (unpaired) electrons. The predicted octanol–water partition coefficient (Wildman–Crippen LogP) is 1.96. The molecule has 0 spiro atoms. The van der Waals surface area contributed by atoms with E-state index in [9.17, 15) is 9.59 Å². The van der Waals surface area contributed by atoms with Crippen molar-refractivity contribution < 1.29 is 4.79 Å². The van der Waals surface area contributed by atoms with Crippen molar-refractivity contribution in [2.45, 2.75) is 30.8 Å². The lowest BCUT2D eigenvalue weighted by Gasteiger charge is -2.25. The number of rotatable bonds is 3. The number of hydrogen-bond acceptors (Lipinski definition) is 4. The van der Waals surface area contributed by atoms with E-state index in [0.29, 0.717) is 26.1 Å². The molecular formula is C17H21N3O2S. The zero-order valence-corrected chi connectivity index (χ0v) is 14.2. The fourth-order valence-electron chi connectivity index (χ4n) is 2.87. The molecule has 0 aliphatic carbocycles. The molecule has 1 saturated heterocycles. The summed E-state index contributed by atoms with van der Waals surface area (Å²) in [7, 11) is 0. The number of fused-ring (bicyclic) bond motifs is 1. The van der Waals surface area contributed by atoms with Crippen molar-refractivity contribution in [3.63, 3.8) is 0 Å². The first-order chi connectivity index (χ1) is 11.1. The summed E-state index contributed by atoms with van der Waals surface area (Å²) in [5.74, 6) is 0.0800. The highest BCUT2D eigenvalue weighted by Crippen LogP contribution is 2.20. The molecule has 0 bridgehead atoms. The Bertz CT molecular complexity index is 787. The van der Waals surface area contributed by atoms with E-state index in [1.54, 1.807) is 11.8 Å². The molecule has 1 aliphatic rings. The van der Waals surface area contributed by atoms with Crippen molar-refractivity contribution in [1.29, 1.82) is 0 Å². The minimum absolute atomic E-state index is 0.0496. The van der Waals surface area contributed by atoms with Gasteiger partial charge in [-0.25, -0.2) is 0 Å². The van der Waals surface area contributed by atoms with Gasteiger partial charge in [0.15, 0.2) is 0 Å². The van der Waals surface area contributed by atoms with Crippen molar-refractivity contribution in [3.8, 4) is 0 Å². The van der Waals surface area contributed by atoms with Crippen LogP contribution in [0.4, 0.5) is 0 Å². The Morgan fingerprint density at radius 2 is 2.13 bits per heavy atom. The van der Waals surface area contributed by atoms with Gasteiger partial charge in [-0.3, -0.25) is 14.5 Å². The number of aromatic nitrogens is 1. The molecule has 122 valence electrons. The zero-order valence-electron chi connectivity index (χ0n) is 13.4. The first-order valence-corrected chi connectivity index (χ1v) is 9.00. The van der Waals surface area contributed by atoms with Gasteiger partial charge in [-0.15, -0.1) is 11.8 Å². The molecule has 6 heteroatoms. The monoisotopic (exact) mass is 331 g/mol. The second-order valence-electron chi connectivity index (χ2n) is 5.95. The van der Waals surface area contributed by atoms with Gasteiger partial charge in [0.25, 0.3) is 5.56 Å². The molecule has 1 aliphatic heterocycles. The third kappa shape index (κ3) is 3.59. The largest absolute Gasteiger partial charge is 0.355 e. The van der Waals surface area contributed by atoms with Crippen LogP contribution in [0.2, 0.25) is 0 Å². The normalized spacial score (nSPS) is 19.6. The molecule has 2 N–H and O–H groups in total. The van der Waals surface area contributed by atoms with Crippen LogP contribution in [-0.2, 0) is 11.3 Å². The number of nitrogens with one attached hydrogen (secondary N) is 2. The van der Waals surface area contributed by atoms with Gasteiger partial charge in [0.1, 0.15) is 0 Å². The van der Waals surface area contributed by atoms with E-state index in [2.05, 4.69) is 28.2 Å². The average Bonchev–Trinajstić information content (AvgIpc) is 2.70. The lowest BCUT2D eigenvalue weighted by atomic mass is 10.1. The van der Waals surface area contributed by atoms with Gasteiger partial charge in [-0.1, -0.05) is 6.07 Å². The average molecular weight is 331 g/mol. The van der Waals surface area contributed by atoms with Crippen LogP contribution in [-0.4, -0.2) is 41.2 Å². The number of hydrogen-bond donors (Lipinski definition) is 2.